The Hall–Kier alpha value is -0.860. The van der Waals surface area contributed by atoms with E-state index >= 15 is 0 Å². The zero-order valence-electron chi connectivity index (χ0n) is 13.0. The second-order valence-electron chi connectivity index (χ2n) is 6.70. The molecule has 0 aromatic carbocycles. The van der Waals surface area contributed by atoms with Gasteiger partial charge in [0.05, 0.1) is 12.9 Å². The van der Waals surface area contributed by atoms with Gasteiger partial charge in [0.2, 0.25) is 0 Å². The molecular formula is C13H24N2O5S. The van der Waals surface area contributed by atoms with E-state index in [1.54, 1.807) is 4.90 Å². The summed E-state index contributed by atoms with van der Waals surface area (Å²) >= 11 is 0. The number of hydrogen-bond acceptors (Lipinski definition) is 6. The van der Waals surface area contributed by atoms with E-state index in [0.29, 0.717) is 13.1 Å². The number of likely N-dealkylation sites (tertiary alicyclic amines) is 2. The fourth-order valence-corrected chi connectivity index (χ4v) is 3.25. The van der Waals surface area contributed by atoms with Crippen molar-refractivity contribution < 1.29 is 22.1 Å². The summed E-state index contributed by atoms with van der Waals surface area (Å²) < 4.78 is 32.0. The predicted molar refractivity (Wildman–Crippen MR) is 77.5 cm³/mol. The number of carbonyl (C=O) groups is 1. The molecule has 2 fully saturated rings. The van der Waals surface area contributed by atoms with Crippen LogP contribution in [0.15, 0.2) is 0 Å². The molecule has 2 rings (SSSR count). The van der Waals surface area contributed by atoms with Crippen LogP contribution in [0, 0.1) is 0 Å². The molecule has 2 atom stereocenters. The van der Waals surface area contributed by atoms with Crippen LogP contribution in [0.1, 0.15) is 27.2 Å². The van der Waals surface area contributed by atoms with Crippen LogP contribution in [0.25, 0.3) is 0 Å². The van der Waals surface area contributed by atoms with Gasteiger partial charge >= 0.3 is 6.09 Å². The molecule has 2 saturated heterocycles. The average Bonchev–Trinajstić information content (AvgIpc) is 2.83. The highest BCUT2D eigenvalue weighted by Gasteiger charge is 2.46. The van der Waals surface area contributed by atoms with E-state index in [0.717, 1.165) is 19.2 Å². The number of amides is 1. The van der Waals surface area contributed by atoms with E-state index in [-0.39, 0.29) is 24.8 Å². The third kappa shape index (κ3) is 4.55. The number of fused-ring (bicyclic) bond motifs is 2. The summed E-state index contributed by atoms with van der Waals surface area (Å²) in [6, 6.07) is 0.425. The number of piperazine rings is 1. The van der Waals surface area contributed by atoms with Gasteiger partial charge in [0, 0.05) is 31.7 Å². The van der Waals surface area contributed by atoms with Crippen LogP contribution >= 0.6 is 0 Å². The molecule has 7 nitrogen and oxygen atoms in total. The van der Waals surface area contributed by atoms with Crippen molar-refractivity contribution in [1.82, 2.24) is 9.80 Å². The standard InChI is InChI=1S/C13H24N2O5S/c1-13(2,3)20-12(16)15-9-10-7-11(15)8-14(10)5-6-19-21(4,17)18/h10-11H,5-9H2,1-4H3. The van der Waals surface area contributed by atoms with Gasteiger partial charge in [0.1, 0.15) is 5.60 Å². The van der Waals surface area contributed by atoms with Crippen molar-refractivity contribution in [3.05, 3.63) is 0 Å². The molecule has 1 amide bonds. The predicted octanol–water partition coefficient (Wildman–Crippen LogP) is 0.656. The number of hydrogen-bond donors (Lipinski definition) is 0. The minimum Gasteiger partial charge on any atom is -0.444 e. The number of carbonyl (C=O) groups excluding carboxylic acids is 1. The summed E-state index contributed by atoms with van der Waals surface area (Å²) in [7, 11) is -3.38. The molecule has 122 valence electrons. The van der Waals surface area contributed by atoms with E-state index < -0.39 is 15.7 Å². The van der Waals surface area contributed by atoms with Crippen molar-refractivity contribution in [3.8, 4) is 0 Å². The van der Waals surface area contributed by atoms with Gasteiger partial charge in [-0.15, -0.1) is 0 Å². The first-order valence-corrected chi connectivity index (χ1v) is 8.95. The van der Waals surface area contributed by atoms with Crippen LogP contribution < -0.4 is 0 Å². The fourth-order valence-electron chi connectivity index (χ4n) is 2.87. The molecule has 2 aliphatic heterocycles. The first-order chi connectivity index (χ1) is 9.55. The molecule has 0 aromatic heterocycles. The number of ether oxygens (including phenoxy) is 1. The average molecular weight is 320 g/mol. The maximum atomic E-state index is 12.1. The highest BCUT2D eigenvalue weighted by atomic mass is 32.2. The van der Waals surface area contributed by atoms with Crippen molar-refractivity contribution in [2.24, 2.45) is 0 Å². The van der Waals surface area contributed by atoms with Crippen molar-refractivity contribution in [2.45, 2.75) is 44.9 Å². The van der Waals surface area contributed by atoms with Gasteiger partial charge in [0.15, 0.2) is 0 Å². The Labute approximate surface area is 126 Å². The molecule has 2 bridgehead atoms. The van der Waals surface area contributed by atoms with Gasteiger partial charge in [-0.05, 0) is 27.2 Å². The molecule has 0 saturated carbocycles. The Kier molecular flexibility index (Phi) is 4.51. The van der Waals surface area contributed by atoms with Gasteiger partial charge in [-0.25, -0.2) is 4.79 Å². The Morgan fingerprint density at radius 2 is 1.90 bits per heavy atom. The summed E-state index contributed by atoms with van der Waals surface area (Å²) in [6.07, 6.45) is 1.70. The normalized spacial score (nSPS) is 26.4. The molecule has 0 spiro atoms. The second-order valence-corrected chi connectivity index (χ2v) is 8.34. The quantitative estimate of drug-likeness (QED) is 0.708. The Balaban J connectivity index is 1.80. The minimum atomic E-state index is -3.38. The molecule has 0 radical (unpaired) electrons. The lowest BCUT2D eigenvalue weighted by molar-refractivity contribution is 0.0123. The van der Waals surface area contributed by atoms with Crippen molar-refractivity contribution in [3.63, 3.8) is 0 Å². The zero-order valence-corrected chi connectivity index (χ0v) is 13.9. The van der Waals surface area contributed by atoms with Gasteiger partial charge in [-0.3, -0.25) is 9.08 Å². The SMILES string of the molecule is CC(C)(C)OC(=O)N1CC2CC1CN2CCOS(C)(=O)=O. The largest absolute Gasteiger partial charge is 0.444 e. The van der Waals surface area contributed by atoms with Gasteiger partial charge in [0.25, 0.3) is 10.1 Å². The van der Waals surface area contributed by atoms with E-state index in [4.69, 9.17) is 8.92 Å². The lowest BCUT2D eigenvalue weighted by Gasteiger charge is -2.35. The molecule has 2 heterocycles. The van der Waals surface area contributed by atoms with Crippen LogP contribution in [0.2, 0.25) is 0 Å². The maximum absolute atomic E-state index is 12.1. The molecule has 0 N–H and O–H groups in total. The third-order valence-electron chi connectivity index (χ3n) is 3.66. The highest BCUT2D eigenvalue weighted by molar-refractivity contribution is 7.85. The fraction of sp³-hybridized carbons (Fsp3) is 0.923. The maximum Gasteiger partial charge on any atom is 0.410 e. The van der Waals surface area contributed by atoms with Gasteiger partial charge in [-0.2, -0.15) is 8.42 Å². The lowest BCUT2D eigenvalue weighted by atomic mass is 10.2. The number of rotatable bonds is 4. The monoisotopic (exact) mass is 320 g/mol. The zero-order chi connectivity index (χ0) is 15.8. The summed E-state index contributed by atoms with van der Waals surface area (Å²) in [5.41, 5.74) is -0.484. The topological polar surface area (TPSA) is 76.2 Å². The molecule has 8 heteroatoms. The summed E-state index contributed by atoms with van der Waals surface area (Å²) in [5.74, 6) is 0. The van der Waals surface area contributed by atoms with E-state index in [1.807, 2.05) is 20.8 Å². The molecule has 21 heavy (non-hydrogen) atoms. The Morgan fingerprint density at radius 1 is 1.24 bits per heavy atom. The Morgan fingerprint density at radius 3 is 2.38 bits per heavy atom. The smallest absolute Gasteiger partial charge is 0.410 e. The van der Waals surface area contributed by atoms with Crippen LogP contribution in [-0.2, 0) is 19.0 Å². The Bertz CT molecular complexity index is 499. The number of nitrogens with zero attached hydrogens (tertiary/aromatic N) is 2. The van der Waals surface area contributed by atoms with Crippen LogP contribution in [0.4, 0.5) is 4.79 Å². The molecule has 0 aromatic rings. The van der Waals surface area contributed by atoms with Crippen molar-refractivity contribution in [1.29, 1.82) is 0 Å². The summed E-state index contributed by atoms with van der Waals surface area (Å²) in [6.45, 7) is 7.68. The first kappa shape index (κ1) is 16.5. The van der Waals surface area contributed by atoms with Gasteiger partial charge < -0.3 is 9.64 Å². The van der Waals surface area contributed by atoms with E-state index in [2.05, 4.69) is 4.90 Å². The van der Waals surface area contributed by atoms with Crippen LogP contribution in [0.5, 0.6) is 0 Å². The van der Waals surface area contributed by atoms with E-state index in [9.17, 15) is 13.2 Å². The third-order valence-corrected chi connectivity index (χ3v) is 4.25. The second kappa shape index (κ2) is 5.73. The lowest BCUT2D eigenvalue weighted by Crippen LogP contribution is -2.50. The molecule has 2 aliphatic rings. The van der Waals surface area contributed by atoms with Crippen LogP contribution in [0.3, 0.4) is 0 Å². The highest BCUT2D eigenvalue weighted by Crippen LogP contribution is 2.31. The van der Waals surface area contributed by atoms with Crippen LogP contribution in [-0.4, -0.2) is 74.5 Å². The van der Waals surface area contributed by atoms with Gasteiger partial charge in [-0.1, -0.05) is 0 Å². The van der Waals surface area contributed by atoms with Crippen molar-refractivity contribution >= 4 is 16.2 Å². The van der Waals surface area contributed by atoms with Crippen molar-refractivity contribution in [2.75, 3.05) is 32.5 Å². The molecular weight excluding hydrogens is 296 g/mol. The first-order valence-electron chi connectivity index (χ1n) is 7.13. The minimum absolute atomic E-state index is 0.156. The molecule has 2 unspecified atom stereocenters. The summed E-state index contributed by atoms with van der Waals surface area (Å²) in [5, 5.41) is 0. The van der Waals surface area contributed by atoms with E-state index in [1.165, 1.54) is 0 Å². The summed E-state index contributed by atoms with van der Waals surface area (Å²) in [4.78, 5) is 16.0. The molecule has 0 aliphatic carbocycles.